The van der Waals surface area contributed by atoms with E-state index in [1.165, 1.54) is 11.1 Å². The Morgan fingerprint density at radius 1 is 1.11 bits per heavy atom. The van der Waals surface area contributed by atoms with Crippen LogP contribution in [-0.2, 0) is 23.2 Å². The van der Waals surface area contributed by atoms with Gasteiger partial charge in [-0.25, -0.2) is 0 Å². The molecule has 0 saturated carbocycles. The molecule has 2 aliphatic rings. The number of hydrogen-bond donors (Lipinski definition) is 2. The Balaban J connectivity index is 1.59. The number of anilines is 1. The van der Waals surface area contributed by atoms with Crippen molar-refractivity contribution in [2.24, 2.45) is 0 Å². The summed E-state index contributed by atoms with van der Waals surface area (Å²) in [5, 5.41) is 15.9. The van der Waals surface area contributed by atoms with Crippen LogP contribution >= 0.6 is 0 Å². The number of hydrogen-bond acceptors (Lipinski definition) is 3. The number of rotatable bonds is 3. The van der Waals surface area contributed by atoms with Crippen LogP contribution in [0.2, 0.25) is 0 Å². The summed E-state index contributed by atoms with van der Waals surface area (Å²) in [6.07, 6.45) is 1.71. The lowest BCUT2D eigenvalue weighted by Gasteiger charge is -2.21. The van der Waals surface area contributed by atoms with Gasteiger partial charge < -0.3 is 10.4 Å². The van der Waals surface area contributed by atoms with Gasteiger partial charge in [0.15, 0.2) is 11.4 Å². The molecule has 3 aromatic carbocycles. The minimum atomic E-state index is -1.83. The first-order chi connectivity index (χ1) is 13.0. The average molecular weight is 357 g/mol. The van der Waals surface area contributed by atoms with Gasteiger partial charge in [-0.05, 0) is 47.7 Å². The summed E-state index contributed by atoms with van der Waals surface area (Å²) in [4.78, 5) is 25.7. The van der Waals surface area contributed by atoms with E-state index in [4.69, 9.17) is 0 Å². The summed E-state index contributed by atoms with van der Waals surface area (Å²) in [5.41, 5.74) is 3.24. The number of aliphatic hydroxyl groups is 1. The fraction of sp³-hybridized carbons (Fsp3) is 0.217. The fourth-order valence-electron chi connectivity index (χ4n) is 4.45. The van der Waals surface area contributed by atoms with Gasteiger partial charge in [-0.3, -0.25) is 9.59 Å². The highest BCUT2D eigenvalue weighted by Crippen LogP contribution is 2.40. The first kappa shape index (κ1) is 16.2. The maximum Gasteiger partial charge on any atom is 0.261 e. The smallest absolute Gasteiger partial charge is 0.261 e. The lowest BCUT2D eigenvalue weighted by atomic mass is 9.86. The summed E-state index contributed by atoms with van der Waals surface area (Å²) in [7, 11) is 0. The van der Waals surface area contributed by atoms with E-state index in [-0.39, 0.29) is 12.2 Å². The predicted molar refractivity (Wildman–Crippen MR) is 104 cm³/mol. The van der Waals surface area contributed by atoms with E-state index in [0.29, 0.717) is 16.8 Å². The molecule has 3 aromatic rings. The molecule has 1 aliphatic heterocycles. The Hall–Kier alpha value is -2.98. The van der Waals surface area contributed by atoms with Crippen molar-refractivity contribution < 1.29 is 14.7 Å². The highest BCUT2D eigenvalue weighted by Gasteiger charge is 2.47. The van der Waals surface area contributed by atoms with E-state index in [0.717, 1.165) is 29.2 Å². The minimum absolute atomic E-state index is 0.224. The van der Waals surface area contributed by atoms with Gasteiger partial charge in [0.1, 0.15) is 0 Å². The zero-order chi connectivity index (χ0) is 18.8. The molecule has 0 saturated heterocycles. The highest BCUT2D eigenvalue weighted by atomic mass is 16.3. The van der Waals surface area contributed by atoms with Gasteiger partial charge in [0.05, 0.1) is 6.42 Å². The Labute approximate surface area is 156 Å². The van der Waals surface area contributed by atoms with Crippen LogP contribution in [0.4, 0.5) is 5.69 Å². The maximum atomic E-state index is 13.2. The molecule has 27 heavy (non-hydrogen) atoms. The van der Waals surface area contributed by atoms with Crippen LogP contribution in [0.1, 0.15) is 39.0 Å². The first-order valence-electron chi connectivity index (χ1n) is 9.19. The largest absolute Gasteiger partial charge is 0.375 e. The molecule has 0 bridgehead atoms. The van der Waals surface area contributed by atoms with Gasteiger partial charge in [0.25, 0.3) is 5.91 Å². The van der Waals surface area contributed by atoms with Crippen LogP contribution in [0.5, 0.6) is 0 Å². The number of carbonyl (C=O) groups excluding carboxylic acids is 2. The molecule has 0 aromatic heterocycles. The van der Waals surface area contributed by atoms with E-state index >= 15 is 0 Å². The third kappa shape index (κ3) is 2.26. The second-order valence-corrected chi connectivity index (χ2v) is 7.58. The molecule has 134 valence electrons. The summed E-state index contributed by atoms with van der Waals surface area (Å²) >= 11 is 0. The van der Waals surface area contributed by atoms with Crippen LogP contribution < -0.4 is 5.32 Å². The molecule has 1 aliphatic carbocycles. The quantitative estimate of drug-likeness (QED) is 0.703. The van der Waals surface area contributed by atoms with Gasteiger partial charge in [0, 0.05) is 16.8 Å². The van der Waals surface area contributed by atoms with Crippen LogP contribution in [0.3, 0.4) is 0 Å². The van der Waals surface area contributed by atoms with Crippen molar-refractivity contribution in [3.63, 3.8) is 0 Å². The van der Waals surface area contributed by atoms with Crippen LogP contribution in [0.15, 0.2) is 48.5 Å². The van der Waals surface area contributed by atoms with Crippen molar-refractivity contribution in [2.75, 3.05) is 5.32 Å². The van der Waals surface area contributed by atoms with E-state index in [2.05, 4.69) is 11.4 Å². The van der Waals surface area contributed by atoms with Crippen molar-refractivity contribution in [3.05, 3.63) is 76.3 Å². The van der Waals surface area contributed by atoms with E-state index < -0.39 is 11.5 Å². The van der Waals surface area contributed by atoms with Crippen molar-refractivity contribution in [1.82, 2.24) is 0 Å². The molecule has 1 amide bonds. The minimum Gasteiger partial charge on any atom is -0.375 e. The van der Waals surface area contributed by atoms with E-state index in [9.17, 15) is 14.7 Å². The molecule has 1 atom stereocenters. The third-order valence-corrected chi connectivity index (χ3v) is 5.84. The lowest BCUT2D eigenvalue weighted by molar-refractivity contribution is -0.133. The number of aryl methyl sites for hydroxylation is 3. The van der Waals surface area contributed by atoms with Gasteiger partial charge in [-0.1, -0.05) is 48.0 Å². The number of amides is 1. The Kier molecular flexibility index (Phi) is 3.31. The number of benzene rings is 3. The lowest BCUT2D eigenvalue weighted by Crippen LogP contribution is -2.36. The average Bonchev–Trinajstić information content (AvgIpc) is 3.17. The van der Waals surface area contributed by atoms with Crippen LogP contribution in [0.25, 0.3) is 10.8 Å². The van der Waals surface area contributed by atoms with Crippen molar-refractivity contribution in [2.45, 2.75) is 31.8 Å². The molecule has 0 spiro atoms. The molecule has 2 N–H and O–H groups in total. The van der Waals surface area contributed by atoms with Crippen molar-refractivity contribution in [1.29, 1.82) is 0 Å². The molecule has 0 unspecified atom stereocenters. The molecule has 0 radical (unpaired) electrons. The maximum absolute atomic E-state index is 13.2. The first-order valence-corrected chi connectivity index (χ1v) is 9.19. The van der Waals surface area contributed by atoms with Crippen LogP contribution in [-0.4, -0.2) is 16.8 Å². The van der Waals surface area contributed by atoms with Gasteiger partial charge in [-0.2, -0.15) is 0 Å². The van der Waals surface area contributed by atoms with Gasteiger partial charge in [0.2, 0.25) is 0 Å². The summed E-state index contributed by atoms with van der Waals surface area (Å²) in [6.45, 7) is 1.90. The standard InChI is InChI=1S/C23H19NO3/c1-13-5-10-19-18(11-13)23(27,22(26)24-19)12-20(25)16-9-8-15-7-6-14-3-2-4-17(16)21(14)15/h2-5,8-11,27H,6-7,12H2,1H3,(H,24,26)/t23-/m0/s1. The monoisotopic (exact) mass is 357 g/mol. The third-order valence-electron chi connectivity index (χ3n) is 5.84. The molecule has 0 fully saturated rings. The van der Waals surface area contributed by atoms with E-state index in [1.54, 1.807) is 12.1 Å². The SMILES string of the molecule is Cc1ccc2c(c1)[C@@](O)(CC(=O)c1ccc3c4c(cccc14)CC3)C(=O)N2. The Morgan fingerprint density at radius 2 is 1.89 bits per heavy atom. The Bertz CT molecular complexity index is 1140. The summed E-state index contributed by atoms with van der Waals surface area (Å²) in [6, 6.07) is 15.3. The number of fused-ring (bicyclic) bond motifs is 1. The fourth-order valence-corrected chi connectivity index (χ4v) is 4.45. The summed E-state index contributed by atoms with van der Waals surface area (Å²) < 4.78 is 0. The van der Waals surface area contributed by atoms with Crippen molar-refractivity contribution >= 4 is 28.2 Å². The zero-order valence-corrected chi connectivity index (χ0v) is 15.0. The number of Topliss-reactive ketones (excluding diaryl/α,β-unsaturated/α-hetero) is 1. The summed E-state index contributed by atoms with van der Waals surface area (Å²) in [5.74, 6) is -0.764. The van der Waals surface area contributed by atoms with Gasteiger partial charge in [-0.15, -0.1) is 0 Å². The molecule has 4 nitrogen and oxygen atoms in total. The molecular formula is C23H19NO3. The number of ketones is 1. The van der Waals surface area contributed by atoms with Crippen molar-refractivity contribution in [3.8, 4) is 0 Å². The topological polar surface area (TPSA) is 66.4 Å². The van der Waals surface area contributed by atoms with Gasteiger partial charge >= 0.3 is 0 Å². The molecule has 1 heterocycles. The number of nitrogens with one attached hydrogen (secondary N) is 1. The molecule has 5 rings (SSSR count). The van der Waals surface area contributed by atoms with Crippen LogP contribution in [0, 0.1) is 6.92 Å². The normalized spacial score (nSPS) is 20.0. The molecular weight excluding hydrogens is 338 g/mol. The number of carbonyl (C=O) groups is 2. The predicted octanol–water partition coefficient (Wildman–Crippen LogP) is 3.66. The molecule has 4 heteroatoms. The van der Waals surface area contributed by atoms with E-state index in [1.807, 2.05) is 37.3 Å². The second-order valence-electron chi connectivity index (χ2n) is 7.58. The highest BCUT2D eigenvalue weighted by molar-refractivity contribution is 6.14. The zero-order valence-electron chi connectivity index (χ0n) is 15.0. The second kappa shape index (κ2) is 5.51. The Morgan fingerprint density at radius 3 is 2.70 bits per heavy atom.